The zero-order valence-electron chi connectivity index (χ0n) is 45.9. The second-order valence-corrected chi connectivity index (χ2v) is 20.0. The van der Waals surface area contributed by atoms with Crippen LogP contribution in [0.2, 0.25) is 10.3 Å². The van der Waals surface area contributed by atoms with Crippen LogP contribution in [0.15, 0.2) is 146 Å². The number of anilines is 2. The predicted molar refractivity (Wildman–Crippen MR) is 319 cm³/mol. The molecule has 5 N–H and O–H groups in total. The van der Waals surface area contributed by atoms with Gasteiger partial charge in [0.1, 0.15) is 68.9 Å². The van der Waals surface area contributed by atoms with Crippen molar-refractivity contribution in [2.45, 2.75) is 24.9 Å². The number of amides is 1. The number of carbonyl (C=O) groups excluding carboxylic acids is 2. The van der Waals surface area contributed by atoms with E-state index in [1.807, 2.05) is 144 Å². The Labute approximate surface area is 481 Å². The fourth-order valence-corrected chi connectivity index (χ4v) is 10.4. The van der Waals surface area contributed by atoms with E-state index in [2.05, 4.69) is 39.5 Å². The Kier molecular flexibility index (Phi) is 21.6. The van der Waals surface area contributed by atoms with Gasteiger partial charge in [-0.15, -0.1) is 0 Å². The Morgan fingerprint density at radius 2 is 1.15 bits per heavy atom. The average molecular weight is 1140 g/mol. The summed E-state index contributed by atoms with van der Waals surface area (Å²) < 4.78 is 30.3. The third-order valence-corrected chi connectivity index (χ3v) is 14.4. The van der Waals surface area contributed by atoms with Crippen LogP contribution in [0.3, 0.4) is 0 Å². The number of nitrogens with two attached hydrogens (primary N) is 2. The maximum Gasteiger partial charge on any atom is 0.297 e. The topological polar surface area (TPSA) is 216 Å². The SMILES string of the molecule is COCCN(C)C/C=C/C(=O)N1CC[C@@H](n2c(Cl)c(-c3ccc(Oc4ccccc4)cc3)c3c(N)ncnc32)C1.COCCN(C)C/C=C/OC=O.Nc1ncnc2c1c(-c1ccc(Oc3ccccc3)cc1)c(Cl)n2[C@@H]1CCNC1. The second-order valence-electron chi connectivity index (χ2n) is 19.3. The molecule has 2 atom stereocenters. The lowest BCUT2D eigenvalue weighted by Gasteiger charge is -2.17. The fraction of sp³-hybridized carbons (Fsp3) is 0.300. The summed E-state index contributed by atoms with van der Waals surface area (Å²) in [6.45, 7) is 7.82. The van der Waals surface area contributed by atoms with Crippen LogP contribution in [0.25, 0.3) is 44.3 Å². The number of benzene rings is 4. The van der Waals surface area contributed by atoms with Crippen LogP contribution in [-0.2, 0) is 23.8 Å². The summed E-state index contributed by atoms with van der Waals surface area (Å²) in [5.41, 5.74) is 17.5. The molecule has 0 saturated carbocycles. The molecule has 2 saturated heterocycles. The minimum atomic E-state index is -0.0412. The second kappa shape index (κ2) is 29.5. The smallest absolute Gasteiger partial charge is 0.297 e. The third-order valence-electron chi connectivity index (χ3n) is 13.7. The molecule has 0 bridgehead atoms. The molecule has 1 amide bonds. The van der Waals surface area contributed by atoms with Crippen molar-refractivity contribution in [2.75, 3.05) is 105 Å². The van der Waals surface area contributed by atoms with E-state index in [9.17, 15) is 9.59 Å². The van der Waals surface area contributed by atoms with E-state index in [0.29, 0.717) is 78.0 Å². The maximum absolute atomic E-state index is 12.9. The summed E-state index contributed by atoms with van der Waals surface area (Å²) in [4.78, 5) is 46.1. The third kappa shape index (κ3) is 15.3. The van der Waals surface area contributed by atoms with E-state index < -0.39 is 0 Å². The van der Waals surface area contributed by atoms with Crippen LogP contribution in [-0.4, -0.2) is 150 Å². The molecule has 6 heterocycles. The Morgan fingerprint density at radius 3 is 1.62 bits per heavy atom. The van der Waals surface area contributed by atoms with Crippen molar-refractivity contribution in [1.29, 1.82) is 0 Å². The molecular weight excluding hydrogens is 1070 g/mol. The minimum Gasteiger partial charge on any atom is -0.457 e. The number of likely N-dealkylation sites (tertiary alicyclic amines) is 1. The normalized spacial score (nSPS) is 15.1. The molecule has 21 heteroatoms. The first-order valence-corrected chi connectivity index (χ1v) is 27.3. The Morgan fingerprint density at radius 1 is 0.667 bits per heavy atom. The zero-order valence-corrected chi connectivity index (χ0v) is 47.4. The van der Waals surface area contributed by atoms with Crippen molar-refractivity contribution in [3.05, 3.63) is 157 Å². The van der Waals surface area contributed by atoms with Gasteiger partial charge >= 0.3 is 0 Å². The predicted octanol–water partition coefficient (Wildman–Crippen LogP) is 9.95. The summed E-state index contributed by atoms with van der Waals surface area (Å²) >= 11 is 14.0. The van der Waals surface area contributed by atoms with Gasteiger partial charge in [-0.3, -0.25) is 9.59 Å². The standard InChI is InChI=1S/C30H33ClN6O3.C22H20ClN5O.C8H15NO3/c1-35(17-18-39-2)15-6-9-25(38)36-16-14-22(19-36)37-28(31)26(27-29(32)33-20-34-30(27)37)21-10-12-24(13-11-21)40-23-7-4-3-5-8-23;23-20-18(14-6-8-17(9-7-14)29-16-4-2-1-3-5-16)19-21(24)26-13-27-22(19)28(20)15-10-11-25-12-15;1-9(5-7-11-2)4-3-6-12-8-10/h3-13,20,22H,14-19H2,1-2H3,(H2,32,33,34);1-9,13,15,25H,10-12H2,(H2,24,26,27);3,6,8H,4-5,7H2,1-2H3/b9-6+;;6-3+/t22-;15-;/m11./s1. The first-order chi connectivity index (χ1) is 39.5. The molecule has 2 aliphatic rings. The lowest BCUT2D eigenvalue weighted by atomic mass is 10.1. The van der Waals surface area contributed by atoms with Gasteiger partial charge in [0.15, 0.2) is 0 Å². The molecule has 0 spiro atoms. The summed E-state index contributed by atoms with van der Waals surface area (Å²) in [5.74, 6) is 3.79. The number of aromatic nitrogens is 6. The van der Waals surface area contributed by atoms with Gasteiger partial charge in [0, 0.05) is 77.2 Å². The van der Waals surface area contributed by atoms with Crippen LogP contribution in [0.5, 0.6) is 23.0 Å². The highest BCUT2D eigenvalue weighted by atomic mass is 35.5. The van der Waals surface area contributed by atoms with E-state index in [0.717, 1.165) is 96.1 Å². The van der Waals surface area contributed by atoms with Crippen molar-refractivity contribution < 1.29 is 33.3 Å². The molecule has 0 aliphatic carbocycles. The first-order valence-electron chi connectivity index (χ1n) is 26.5. The summed E-state index contributed by atoms with van der Waals surface area (Å²) in [7, 11) is 7.30. The molecule has 2 fully saturated rings. The molecule has 424 valence electrons. The lowest BCUT2D eigenvalue weighted by molar-refractivity contribution is -0.125. The van der Waals surface area contributed by atoms with Gasteiger partial charge in [-0.05, 0) is 99.2 Å². The number of methoxy groups -OCH3 is 2. The molecule has 4 aromatic heterocycles. The van der Waals surface area contributed by atoms with Gasteiger partial charge in [0.05, 0.1) is 42.3 Å². The van der Waals surface area contributed by atoms with Crippen LogP contribution in [0.4, 0.5) is 11.6 Å². The number of carbonyl (C=O) groups is 2. The number of nitrogens with zero attached hydrogens (tertiary/aromatic N) is 9. The quantitative estimate of drug-likeness (QED) is 0.0347. The number of fused-ring (bicyclic) bond motifs is 2. The Bertz CT molecular complexity index is 3360. The van der Waals surface area contributed by atoms with E-state index in [1.165, 1.54) is 18.9 Å². The van der Waals surface area contributed by atoms with E-state index >= 15 is 0 Å². The summed E-state index contributed by atoms with van der Waals surface area (Å²) in [5, 5.41) is 6.04. The van der Waals surface area contributed by atoms with Gasteiger partial charge < -0.3 is 64.3 Å². The molecular formula is C60H68Cl2N12O7. The number of hydrogen-bond donors (Lipinski definition) is 3. The molecule has 19 nitrogen and oxygen atoms in total. The monoisotopic (exact) mass is 1140 g/mol. The van der Waals surface area contributed by atoms with Gasteiger partial charge in [0.25, 0.3) is 6.47 Å². The Hall–Kier alpha value is -7.88. The van der Waals surface area contributed by atoms with Gasteiger partial charge in [-0.1, -0.05) is 89.9 Å². The van der Waals surface area contributed by atoms with Gasteiger partial charge in [-0.2, -0.15) is 0 Å². The van der Waals surface area contributed by atoms with Crippen molar-refractivity contribution >= 4 is 69.3 Å². The molecule has 0 radical (unpaired) electrons. The molecule has 4 aromatic carbocycles. The first kappa shape index (κ1) is 59.2. The van der Waals surface area contributed by atoms with Crippen LogP contribution in [0, 0.1) is 0 Å². The largest absolute Gasteiger partial charge is 0.457 e. The van der Waals surface area contributed by atoms with E-state index in [-0.39, 0.29) is 18.0 Å². The fourth-order valence-electron chi connectivity index (χ4n) is 9.52. The molecule has 0 unspecified atom stereocenters. The van der Waals surface area contributed by atoms with Gasteiger partial charge in [0.2, 0.25) is 5.91 Å². The van der Waals surface area contributed by atoms with Crippen molar-refractivity contribution in [3.63, 3.8) is 0 Å². The Balaban J connectivity index is 0.000000183. The number of ether oxygens (including phenoxy) is 5. The molecule has 81 heavy (non-hydrogen) atoms. The highest BCUT2D eigenvalue weighted by Gasteiger charge is 2.32. The number of hydrogen-bond acceptors (Lipinski definition) is 16. The van der Waals surface area contributed by atoms with Crippen LogP contribution in [0.1, 0.15) is 24.9 Å². The minimum absolute atomic E-state index is 0.0152. The number of likely N-dealkylation sites (N-methyl/N-ethyl adjacent to an activating group) is 2. The molecule has 10 rings (SSSR count). The zero-order chi connectivity index (χ0) is 57.1. The van der Waals surface area contributed by atoms with Crippen LogP contribution >= 0.6 is 23.2 Å². The average Bonchev–Trinajstić information content (AvgIpc) is 4.30. The number of nitrogen functional groups attached to an aromatic ring is 2. The maximum atomic E-state index is 12.9. The van der Waals surface area contributed by atoms with Crippen molar-refractivity contribution in [2.24, 2.45) is 0 Å². The highest BCUT2D eigenvalue weighted by molar-refractivity contribution is 6.36. The van der Waals surface area contributed by atoms with Crippen molar-refractivity contribution in [1.82, 2.24) is 49.1 Å². The van der Waals surface area contributed by atoms with Gasteiger partial charge in [-0.25, -0.2) is 19.9 Å². The van der Waals surface area contributed by atoms with E-state index in [1.54, 1.807) is 26.4 Å². The van der Waals surface area contributed by atoms with Crippen LogP contribution < -0.4 is 26.3 Å². The molecule has 8 aromatic rings. The highest BCUT2D eigenvalue weighted by Crippen LogP contribution is 2.45. The molecule has 2 aliphatic heterocycles. The lowest BCUT2D eigenvalue weighted by Crippen LogP contribution is -2.28. The number of rotatable bonds is 21. The summed E-state index contributed by atoms with van der Waals surface area (Å²) in [6.07, 6.45) is 11.4. The number of para-hydroxylation sites is 2. The summed E-state index contributed by atoms with van der Waals surface area (Å²) in [6, 6.07) is 35.1. The number of nitrogens with one attached hydrogen (secondary N) is 1. The van der Waals surface area contributed by atoms with Crippen molar-refractivity contribution in [3.8, 4) is 45.3 Å². The number of halogens is 2. The van der Waals surface area contributed by atoms with E-state index in [4.69, 9.17) is 53.6 Å².